The van der Waals surface area contributed by atoms with E-state index in [0.717, 1.165) is 11.4 Å². The predicted octanol–water partition coefficient (Wildman–Crippen LogP) is 4.14. The molecule has 0 saturated heterocycles. The second kappa shape index (κ2) is 4.99. The Morgan fingerprint density at radius 3 is 2.53 bits per heavy atom. The summed E-state index contributed by atoms with van der Waals surface area (Å²) in [6.45, 7) is 4.48. The molecule has 0 spiro atoms. The molecule has 2 N–H and O–H groups in total. The lowest BCUT2D eigenvalue weighted by atomic mass is 9.59. The zero-order chi connectivity index (χ0) is 12.5. The van der Waals surface area contributed by atoms with Crippen LogP contribution in [0.25, 0.3) is 0 Å². The van der Waals surface area contributed by atoms with Crippen molar-refractivity contribution in [2.45, 2.75) is 51.0 Å². The summed E-state index contributed by atoms with van der Waals surface area (Å²) >= 11 is 6.10. The zero-order valence-corrected chi connectivity index (χ0v) is 11.5. The van der Waals surface area contributed by atoms with E-state index in [1.165, 1.54) is 24.8 Å². The standard InChI is InChI=1S/C15H22ClN/c1-11(2)9-14(17)15(7-4-8-15)12-5-3-6-13(16)10-12/h3,5-6,10-11,14H,4,7-9,17H2,1-2H3. The van der Waals surface area contributed by atoms with Crippen LogP contribution >= 0.6 is 11.6 Å². The fourth-order valence-electron chi connectivity index (χ4n) is 2.96. The molecule has 1 aliphatic rings. The van der Waals surface area contributed by atoms with Gasteiger partial charge >= 0.3 is 0 Å². The van der Waals surface area contributed by atoms with E-state index in [-0.39, 0.29) is 11.5 Å². The highest BCUT2D eigenvalue weighted by Gasteiger charge is 2.43. The van der Waals surface area contributed by atoms with Crippen LogP contribution in [-0.2, 0) is 5.41 Å². The van der Waals surface area contributed by atoms with E-state index in [2.05, 4.69) is 26.0 Å². The van der Waals surface area contributed by atoms with E-state index in [1.54, 1.807) is 0 Å². The Morgan fingerprint density at radius 2 is 2.06 bits per heavy atom. The summed E-state index contributed by atoms with van der Waals surface area (Å²) < 4.78 is 0. The molecular formula is C15H22ClN. The van der Waals surface area contributed by atoms with Gasteiger partial charge in [-0.25, -0.2) is 0 Å². The largest absolute Gasteiger partial charge is 0.327 e. The van der Waals surface area contributed by atoms with Crippen molar-refractivity contribution in [2.24, 2.45) is 11.7 Å². The molecule has 1 unspecified atom stereocenters. The molecule has 17 heavy (non-hydrogen) atoms. The fraction of sp³-hybridized carbons (Fsp3) is 0.600. The third-order valence-corrected chi connectivity index (χ3v) is 4.32. The van der Waals surface area contributed by atoms with Gasteiger partial charge < -0.3 is 5.73 Å². The first kappa shape index (κ1) is 12.9. The molecule has 0 aliphatic heterocycles. The molecule has 1 fully saturated rings. The Kier molecular flexibility index (Phi) is 3.79. The normalized spacial score (nSPS) is 20.1. The maximum atomic E-state index is 6.45. The van der Waals surface area contributed by atoms with Crippen molar-refractivity contribution in [3.63, 3.8) is 0 Å². The molecule has 2 heteroatoms. The minimum Gasteiger partial charge on any atom is -0.327 e. The van der Waals surface area contributed by atoms with Gasteiger partial charge in [0.2, 0.25) is 0 Å². The first-order valence-electron chi connectivity index (χ1n) is 6.56. The highest BCUT2D eigenvalue weighted by atomic mass is 35.5. The molecule has 2 rings (SSSR count). The summed E-state index contributed by atoms with van der Waals surface area (Å²) in [4.78, 5) is 0. The molecule has 94 valence electrons. The number of hydrogen-bond donors (Lipinski definition) is 1. The van der Waals surface area contributed by atoms with Gasteiger partial charge in [0.1, 0.15) is 0 Å². The van der Waals surface area contributed by atoms with Crippen molar-refractivity contribution in [2.75, 3.05) is 0 Å². The lowest BCUT2D eigenvalue weighted by Crippen LogP contribution is -2.50. The van der Waals surface area contributed by atoms with Crippen molar-refractivity contribution in [1.29, 1.82) is 0 Å². The van der Waals surface area contributed by atoms with E-state index >= 15 is 0 Å². The average molecular weight is 252 g/mol. The van der Waals surface area contributed by atoms with E-state index in [0.29, 0.717) is 5.92 Å². The highest BCUT2D eigenvalue weighted by Crippen LogP contribution is 2.47. The molecular weight excluding hydrogens is 230 g/mol. The highest BCUT2D eigenvalue weighted by molar-refractivity contribution is 6.30. The topological polar surface area (TPSA) is 26.0 Å². The lowest BCUT2D eigenvalue weighted by molar-refractivity contribution is 0.178. The number of nitrogens with two attached hydrogens (primary N) is 1. The first-order chi connectivity index (χ1) is 8.04. The maximum absolute atomic E-state index is 6.45. The van der Waals surface area contributed by atoms with Gasteiger partial charge in [0.15, 0.2) is 0 Å². The van der Waals surface area contributed by atoms with Gasteiger partial charge in [0.05, 0.1) is 0 Å². The molecule has 1 nitrogen and oxygen atoms in total. The first-order valence-corrected chi connectivity index (χ1v) is 6.94. The molecule has 0 amide bonds. The number of benzene rings is 1. The van der Waals surface area contributed by atoms with Crippen LogP contribution in [0.1, 0.15) is 45.1 Å². The molecule has 0 heterocycles. The van der Waals surface area contributed by atoms with Gasteiger partial charge in [-0.15, -0.1) is 0 Å². The number of rotatable bonds is 4. The van der Waals surface area contributed by atoms with Crippen LogP contribution < -0.4 is 5.73 Å². The second-order valence-corrected chi connectivity index (χ2v) is 6.19. The van der Waals surface area contributed by atoms with Gasteiger partial charge in [-0.3, -0.25) is 0 Å². The Morgan fingerprint density at radius 1 is 1.35 bits per heavy atom. The monoisotopic (exact) mass is 251 g/mol. The van der Waals surface area contributed by atoms with Crippen molar-refractivity contribution in [3.05, 3.63) is 34.9 Å². The summed E-state index contributed by atoms with van der Waals surface area (Å²) in [5.74, 6) is 0.654. The second-order valence-electron chi connectivity index (χ2n) is 5.76. The molecule has 0 radical (unpaired) electrons. The predicted molar refractivity (Wildman–Crippen MR) is 74.4 cm³/mol. The van der Waals surface area contributed by atoms with Gasteiger partial charge in [-0.05, 0) is 42.9 Å². The van der Waals surface area contributed by atoms with Crippen molar-refractivity contribution in [3.8, 4) is 0 Å². The van der Waals surface area contributed by atoms with Gasteiger partial charge in [-0.2, -0.15) is 0 Å². The smallest absolute Gasteiger partial charge is 0.0408 e. The zero-order valence-electron chi connectivity index (χ0n) is 10.7. The minimum absolute atomic E-state index is 0.190. The summed E-state index contributed by atoms with van der Waals surface area (Å²) in [5.41, 5.74) is 7.98. The van der Waals surface area contributed by atoms with E-state index in [9.17, 15) is 0 Å². The van der Waals surface area contributed by atoms with E-state index in [1.807, 2.05) is 12.1 Å². The molecule has 0 aromatic heterocycles. The minimum atomic E-state index is 0.190. The average Bonchev–Trinajstić information content (AvgIpc) is 2.14. The number of hydrogen-bond acceptors (Lipinski definition) is 1. The van der Waals surface area contributed by atoms with Crippen LogP contribution in [-0.4, -0.2) is 6.04 Å². The summed E-state index contributed by atoms with van der Waals surface area (Å²) in [6, 6.07) is 8.52. The van der Waals surface area contributed by atoms with Crippen LogP contribution in [0.15, 0.2) is 24.3 Å². The van der Waals surface area contributed by atoms with Gasteiger partial charge in [0, 0.05) is 16.5 Å². The maximum Gasteiger partial charge on any atom is 0.0408 e. The quantitative estimate of drug-likeness (QED) is 0.855. The molecule has 0 bridgehead atoms. The van der Waals surface area contributed by atoms with Gasteiger partial charge in [-0.1, -0.05) is 44.0 Å². The van der Waals surface area contributed by atoms with E-state index < -0.39 is 0 Å². The van der Waals surface area contributed by atoms with Crippen molar-refractivity contribution in [1.82, 2.24) is 0 Å². The Hall–Kier alpha value is -0.530. The third kappa shape index (κ3) is 2.51. The lowest BCUT2D eigenvalue weighted by Gasteiger charge is -2.47. The van der Waals surface area contributed by atoms with Crippen LogP contribution in [0.4, 0.5) is 0 Å². The Bertz CT molecular complexity index is 382. The van der Waals surface area contributed by atoms with Crippen LogP contribution in [0.2, 0.25) is 5.02 Å². The van der Waals surface area contributed by atoms with Crippen LogP contribution in [0.3, 0.4) is 0 Å². The molecule has 1 aliphatic carbocycles. The number of halogens is 1. The summed E-state index contributed by atoms with van der Waals surface area (Å²) in [7, 11) is 0. The Balaban J connectivity index is 2.25. The van der Waals surface area contributed by atoms with Crippen LogP contribution in [0, 0.1) is 5.92 Å². The third-order valence-electron chi connectivity index (χ3n) is 4.08. The molecule has 1 aromatic carbocycles. The van der Waals surface area contributed by atoms with E-state index in [4.69, 9.17) is 17.3 Å². The fourth-order valence-corrected chi connectivity index (χ4v) is 3.15. The van der Waals surface area contributed by atoms with Crippen molar-refractivity contribution >= 4 is 11.6 Å². The summed E-state index contributed by atoms with van der Waals surface area (Å²) in [5, 5.41) is 0.825. The van der Waals surface area contributed by atoms with Crippen LogP contribution in [0.5, 0.6) is 0 Å². The molecule has 1 atom stereocenters. The van der Waals surface area contributed by atoms with Crippen molar-refractivity contribution < 1.29 is 0 Å². The SMILES string of the molecule is CC(C)CC(N)C1(c2cccc(Cl)c2)CCC1. The Labute approximate surface area is 109 Å². The molecule has 1 saturated carbocycles. The van der Waals surface area contributed by atoms with Gasteiger partial charge in [0.25, 0.3) is 0 Å². The summed E-state index contributed by atoms with van der Waals surface area (Å²) in [6.07, 6.45) is 4.80. The molecule has 1 aromatic rings.